The van der Waals surface area contributed by atoms with Gasteiger partial charge in [-0.3, -0.25) is 5.10 Å². The van der Waals surface area contributed by atoms with Crippen LogP contribution >= 0.6 is 0 Å². The lowest BCUT2D eigenvalue weighted by molar-refractivity contribution is 0.945. The van der Waals surface area contributed by atoms with Crippen molar-refractivity contribution in [2.45, 2.75) is 13.5 Å². The van der Waals surface area contributed by atoms with Gasteiger partial charge in [0.1, 0.15) is 0 Å². The van der Waals surface area contributed by atoms with E-state index in [1.165, 1.54) is 0 Å². The van der Waals surface area contributed by atoms with Gasteiger partial charge in [-0.2, -0.15) is 0 Å². The first-order chi connectivity index (χ1) is 8.28. The highest BCUT2D eigenvalue weighted by Crippen LogP contribution is 2.23. The van der Waals surface area contributed by atoms with Gasteiger partial charge < -0.3 is 5.73 Å². The summed E-state index contributed by atoms with van der Waals surface area (Å²) in [5, 5.41) is 3.21. The van der Waals surface area contributed by atoms with E-state index in [1.807, 2.05) is 41.9 Å². The number of hydrogen-bond acceptors (Lipinski definition) is 2. The lowest BCUT2D eigenvalue weighted by Gasteiger charge is -2.03. The van der Waals surface area contributed by atoms with Gasteiger partial charge in [0, 0.05) is 23.9 Å². The number of benzene rings is 1. The molecule has 1 aromatic carbocycles. The fourth-order valence-corrected chi connectivity index (χ4v) is 2.08. The zero-order chi connectivity index (χ0) is 11.8. The van der Waals surface area contributed by atoms with Gasteiger partial charge in [0.15, 0.2) is 5.65 Å². The Bertz CT molecular complexity index is 631. The molecule has 0 amide bonds. The van der Waals surface area contributed by atoms with Crippen molar-refractivity contribution in [3.63, 3.8) is 0 Å². The molecule has 0 spiro atoms. The third kappa shape index (κ3) is 1.62. The molecule has 0 bridgehead atoms. The number of aromatic amines is 1. The number of imidazole rings is 1. The molecule has 0 unspecified atom stereocenters. The number of nitrogens with two attached hydrogens (primary N) is 1. The molecule has 0 saturated carbocycles. The van der Waals surface area contributed by atoms with E-state index in [0.717, 1.165) is 28.2 Å². The third-order valence-electron chi connectivity index (χ3n) is 2.89. The maximum atomic E-state index is 5.74. The molecule has 4 heteroatoms. The second kappa shape index (κ2) is 3.75. The SMILES string of the molecule is Cc1cc2nc(-c3ccccc3CN)cn2[nH]1. The van der Waals surface area contributed by atoms with Gasteiger partial charge in [0.25, 0.3) is 0 Å². The van der Waals surface area contributed by atoms with Crippen LogP contribution in [0, 0.1) is 6.92 Å². The maximum absolute atomic E-state index is 5.74. The number of nitrogens with zero attached hydrogens (tertiary/aromatic N) is 2. The van der Waals surface area contributed by atoms with Gasteiger partial charge in [-0.25, -0.2) is 9.50 Å². The molecule has 3 rings (SSSR count). The molecule has 0 atom stereocenters. The Morgan fingerprint density at radius 3 is 2.94 bits per heavy atom. The average molecular weight is 226 g/mol. The van der Waals surface area contributed by atoms with E-state index in [4.69, 9.17) is 5.73 Å². The Balaban J connectivity index is 2.16. The quantitative estimate of drug-likeness (QED) is 0.703. The van der Waals surface area contributed by atoms with Crippen LogP contribution in [0.4, 0.5) is 0 Å². The van der Waals surface area contributed by atoms with Crippen molar-refractivity contribution < 1.29 is 0 Å². The minimum Gasteiger partial charge on any atom is -0.326 e. The largest absolute Gasteiger partial charge is 0.326 e. The highest BCUT2D eigenvalue weighted by molar-refractivity contribution is 5.66. The van der Waals surface area contributed by atoms with Crippen LogP contribution in [-0.2, 0) is 6.54 Å². The van der Waals surface area contributed by atoms with Crippen molar-refractivity contribution in [3.05, 3.63) is 47.8 Å². The van der Waals surface area contributed by atoms with Gasteiger partial charge in [0.05, 0.1) is 11.9 Å². The molecule has 0 aliphatic heterocycles. The predicted octanol–water partition coefficient (Wildman–Crippen LogP) is 2.10. The maximum Gasteiger partial charge on any atom is 0.153 e. The highest BCUT2D eigenvalue weighted by atomic mass is 15.3. The summed E-state index contributed by atoms with van der Waals surface area (Å²) in [5.74, 6) is 0. The van der Waals surface area contributed by atoms with Gasteiger partial charge in [-0.05, 0) is 12.5 Å². The molecule has 0 aliphatic carbocycles. The van der Waals surface area contributed by atoms with Gasteiger partial charge in [-0.15, -0.1) is 0 Å². The molecule has 86 valence electrons. The van der Waals surface area contributed by atoms with Crippen molar-refractivity contribution >= 4 is 5.65 Å². The fraction of sp³-hybridized carbons (Fsp3) is 0.154. The first-order valence-corrected chi connectivity index (χ1v) is 5.61. The van der Waals surface area contributed by atoms with E-state index in [1.54, 1.807) is 0 Å². The van der Waals surface area contributed by atoms with Crippen LogP contribution in [0.1, 0.15) is 11.3 Å². The summed E-state index contributed by atoms with van der Waals surface area (Å²) in [4.78, 5) is 4.59. The zero-order valence-corrected chi connectivity index (χ0v) is 9.64. The van der Waals surface area contributed by atoms with Gasteiger partial charge >= 0.3 is 0 Å². The fourth-order valence-electron chi connectivity index (χ4n) is 2.08. The number of hydrogen-bond donors (Lipinski definition) is 2. The normalized spacial score (nSPS) is 11.2. The molecule has 3 N–H and O–H groups in total. The van der Waals surface area contributed by atoms with Gasteiger partial charge in [0.2, 0.25) is 0 Å². The number of fused-ring (bicyclic) bond motifs is 1. The van der Waals surface area contributed by atoms with Crippen LogP contribution in [0.5, 0.6) is 0 Å². The summed E-state index contributed by atoms with van der Waals surface area (Å²) >= 11 is 0. The number of nitrogens with one attached hydrogen (secondary N) is 1. The van der Waals surface area contributed by atoms with E-state index in [0.29, 0.717) is 6.54 Å². The molecular formula is C13H14N4. The molecule has 0 saturated heterocycles. The lowest BCUT2D eigenvalue weighted by atomic mass is 10.1. The number of aromatic nitrogens is 3. The van der Waals surface area contributed by atoms with E-state index < -0.39 is 0 Å². The Morgan fingerprint density at radius 2 is 2.18 bits per heavy atom. The summed E-state index contributed by atoms with van der Waals surface area (Å²) in [6.45, 7) is 2.54. The molecular weight excluding hydrogens is 212 g/mol. The average Bonchev–Trinajstić information content (AvgIpc) is 2.86. The van der Waals surface area contributed by atoms with Crippen molar-refractivity contribution in [2.75, 3.05) is 0 Å². The van der Waals surface area contributed by atoms with Crippen molar-refractivity contribution in [1.82, 2.24) is 14.6 Å². The monoisotopic (exact) mass is 226 g/mol. The highest BCUT2D eigenvalue weighted by Gasteiger charge is 2.08. The van der Waals surface area contributed by atoms with E-state index in [9.17, 15) is 0 Å². The first-order valence-electron chi connectivity index (χ1n) is 5.61. The van der Waals surface area contributed by atoms with Gasteiger partial charge in [-0.1, -0.05) is 24.3 Å². The topological polar surface area (TPSA) is 59.1 Å². The summed E-state index contributed by atoms with van der Waals surface area (Å²) < 4.78 is 1.93. The molecule has 4 nitrogen and oxygen atoms in total. The molecule has 17 heavy (non-hydrogen) atoms. The van der Waals surface area contributed by atoms with Crippen LogP contribution in [0.3, 0.4) is 0 Å². The van der Waals surface area contributed by atoms with E-state index in [2.05, 4.69) is 16.1 Å². The van der Waals surface area contributed by atoms with E-state index >= 15 is 0 Å². The van der Waals surface area contributed by atoms with Crippen LogP contribution in [0.15, 0.2) is 36.5 Å². The standard InChI is InChI=1S/C13H14N4/c1-9-6-13-15-12(8-17(13)16-9)11-5-3-2-4-10(11)7-14/h2-6,8,16H,7,14H2,1H3. The second-order valence-corrected chi connectivity index (χ2v) is 4.15. The zero-order valence-electron chi connectivity index (χ0n) is 9.64. The summed E-state index contributed by atoms with van der Waals surface area (Å²) in [6, 6.07) is 10.1. The minimum atomic E-state index is 0.528. The van der Waals surface area contributed by atoms with Crippen LogP contribution in [0.2, 0.25) is 0 Å². The number of rotatable bonds is 2. The second-order valence-electron chi connectivity index (χ2n) is 4.15. The Morgan fingerprint density at radius 1 is 1.35 bits per heavy atom. The minimum absolute atomic E-state index is 0.528. The number of aryl methyl sites for hydroxylation is 1. The Labute approximate surface area is 99.1 Å². The summed E-state index contributed by atoms with van der Waals surface area (Å²) in [7, 11) is 0. The van der Waals surface area contributed by atoms with Crippen molar-refractivity contribution in [1.29, 1.82) is 0 Å². The van der Waals surface area contributed by atoms with Crippen LogP contribution in [-0.4, -0.2) is 14.6 Å². The smallest absolute Gasteiger partial charge is 0.153 e. The number of H-pyrrole nitrogens is 1. The third-order valence-corrected chi connectivity index (χ3v) is 2.89. The summed E-state index contributed by atoms with van der Waals surface area (Å²) in [6.07, 6.45) is 2.00. The molecule has 0 radical (unpaired) electrons. The van der Waals surface area contributed by atoms with Crippen LogP contribution in [0.25, 0.3) is 16.9 Å². The lowest BCUT2D eigenvalue weighted by Crippen LogP contribution is -1.98. The predicted molar refractivity (Wildman–Crippen MR) is 67.6 cm³/mol. The van der Waals surface area contributed by atoms with E-state index in [-0.39, 0.29) is 0 Å². The molecule has 3 aromatic rings. The molecule has 2 heterocycles. The Kier molecular flexibility index (Phi) is 2.23. The van der Waals surface area contributed by atoms with Crippen LogP contribution < -0.4 is 5.73 Å². The molecule has 0 fully saturated rings. The summed E-state index contributed by atoms with van der Waals surface area (Å²) in [5.41, 5.74) is 10.9. The molecule has 0 aliphatic rings. The van der Waals surface area contributed by atoms with Crippen molar-refractivity contribution in [2.24, 2.45) is 5.73 Å². The Hall–Kier alpha value is -2.07. The molecule has 2 aromatic heterocycles. The van der Waals surface area contributed by atoms with Crippen molar-refractivity contribution in [3.8, 4) is 11.3 Å². The first kappa shape index (κ1) is 10.1.